The Balaban J connectivity index is 2.04. The molecule has 0 atom stereocenters. The molecule has 0 saturated heterocycles. The van der Waals surface area contributed by atoms with E-state index in [9.17, 15) is 4.79 Å². The van der Waals surface area contributed by atoms with Gasteiger partial charge in [-0.1, -0.05) is 18.2 Å². The van der Waals surface area contributed by atoms with Crippen LogP contribution in [-0.4, -0.2) is 36.6 Å². The number of aliphatic hydroxyl groups is 1. The predicted octanol–water partition coefficient (Wildman–Crippen LogP) is 2.04. The zero-order valence-electron chi connectivity index (χ0n) is 15.6. The maximum Gasteiger partial charge on any atom is 0.248 e. The van der Waals surface area contributed by atoms with Crippen LogP contribution in [0.15, 0.2) is 76.6 Å². The lowest BCUT2D eigenvalue weighted by molar-refractivity contribution is -0.111. The van der Waals surface area contributed by atoms with Crippen molar-refractivity contribution in [1.29, 1.82) is 5.41 Å². The molecule has 2 rings (SSSR count). The Kier molecular flexibility index (Phi) is 8.58. The summed E-state index contributed by atoms with van der Waals surface area (Å²) in [6, 6.07) is 7.48. The number of carbonyl (C=O) groups is 1. The van der Waals surface area contributed by atoms with Gasteiger partial charge in [-0.25, -0.2) is 0 Å². The van der Waals surface area contributed by atoms with Crippen LogP contribution in [-0.2, 0) is 11.3 Å². The van der Waals surface area contributed by atoms with E-state index in [4.69, 9.17) is 16.2 Å². The fourth-order valence-corrected chi connectivity index (χ4v) is 2.58. The van der Waals surface area contributed by atoms with Gasteiger partial charge in [0.1, 0.15) is 0 Å². The van der Waals surface area contributed by atoms with Gasteiger partial charge in [-0.15, -0.1) is 0 Å². The Morgan fingerprint density at radius 1 is 1.32 bits per heavy atom. The van der Waals surface area contributed by atoms with Gasteiger partial charge >= 0.3 is 0 Å². The van der Waals surface area contributed by atoms with Gasteiger partial charge in [-0.2, -0.15) is 0 Å². The highest BCUT2D eigenvalue weighted by molar-refractivity contribution is 6.01. The molecule has 0 fully saturated rings. The zero-order chi connectivity index (χ0) is 20.2. The first-order chi connectivity index (χ1) is 13.7. The minimum absolute atomic E-state index is 0.0990. The van der Waals surface area contributed by atoms with E-state index in [2.05, 4.69) is 15.6 Å². The van der Waals surface area contributed by atoms with Crippen molar-refractivity contribution in [1.82, 2.24) is 5.32 Å². The van der Waals surface area contributed by atoms with Gasteiger partial charge in [0, 0.05) is 55.3 Å². The Morgan fingerprint density at radius 2 is 2.11 bits per heavy atom. The zero-order valence-corrected chi connectivity index (χ0v) is 15.6. The highest BCUT2D eigenvalue weighted by Gasteiger charge is 2.08. The first kappa shape index (κ1) is 21.0. The third-order valence-corrected chi connectivity index (χ3v) is 4.01. The number of hydrogen-bond donors (Lipinski definition) is 5. The number of anilines is 1. The number of benzene rings is 1. The second-order valence-corrected chi connectivity index (χ2v) is 5.99. The van der Waals surface area contributed by atoms with Crippen LogP contribution < -0.4 is 16.4 Å². The molecule has 6 N–H and O–H groups in total. The molecule has 1 amide bonds. The molecule has 7 heteroatoms. The summed E-state index contributed by atoms with van der Waals surface area (Å²) < 4.78 is 0. The molecule has 1 heterocycles. The van der Waals surface area contributed by atoms with Crippen molar-refractivity contribution >= 4 is 24.0 Å². The largest absolute Gasteiger partial charge is 0.404 e. The van der Waals surface area contributed by atoms with Gasteiger partial charge in [-0.3, -0.25) is 9.79 Å². The third-order valence-electron chi connectivity index (χ3n) is 4.01. The van der Waals surface area contributed by atoms with Crippen molar-refractivity contribution in [3.05, 3.63) is 77.2 Å². The topological polar surface area (TPSA) is 124 Å². The van der Waals surface area contributed by atoms with E-state index in [-0.39, 0.29) is 12.5 Å². The smallest absolute Gasteiger partial charge is 0.248 e. The number of carbonyl (C=O) groups excluding carboxylic acids is 1. The van der Waals surface area contributed by atoms with Crippen molar-refractivity contribution in [3.8, 4) is 0 Å². The summed E-state index contributed by atoms with van der Waals surface area (Å²) in [5.41, 5.74) is 9.50. The average molecular weight is 379 g/mol. The molecule has 28 heavy (non-hydrogen) atoms. The second-order valence-electron chi connectivity index (χ2n) is 5.99. The summed E-state index contributed by atoms with van der Waals surface area (Å²) in [5.74, 6) is -0.267. The number of aliphatic imine (C=N–C) groups is 1. The monoisotopic (exact) mass is 379 g/mol. The predicted molar refractivity (Wildman–Crippen MR) is 113 cm³/mol. The molecule has 0 bridgehead atoms. The van der Waals surface area contributed by atoms with Crippen molar-refractivity contribution in [2.24, 2.45) is 10.7 Å². The average Bonchev–Trinajstić information content (AvgIpc) is 2.95. The van der Waals surface area contributed by atoms with E-state index in [0.717, 1.165) is 16.7 Å². The number of amides is 1. The number of rotatable bonds is 9. The molecule has 0 aliphatic carbocycles. The van der Waals surface area contributed by atoms with Crippen LogP contribution in [0.25, 0.3) is 0 Å². The van der Waals surface area contributed by atoms with Gasteiger partial charge in [0.2, 0.25) is 5.91 Å². The summed E-state index contributed by atoms with van der Waals surface area (Å²) in [6.45, 7) is 1.30. The molecular weight excluding hydrogens is 354 g/mol. The van der Waals surface area contributed by atoms with Gasteiger partial charge in [0.15, 0.2) is 0 Å². The summed E-state index contributed by atoms with van der Waals surface area (Å²) in [6.07, 6.45) is 11.4. The van der Waals surface area contributed by atoms with E-state index in [1.54, 1.807) is 18.5 Å². The maximum absolute atomic E-state index is 12.2. The summed E-state index contributed by atoms with van der Waals surface area (Å²) in [7, 11) is 0. The van der Waals surface area contributed by atoms with Crippen molar-refractivity contribution in [2.75, 3.05) is 18.5 Å². The minimum atomic E-state index is -0.267. The van der Waals surface area contributed by atoms with E-state index in [1.807, 2.05) is 30.3 Å². The van der Waals surface area contributed by atoms with Gasteiger partial charge in [0.25, 0.3) is 0 Å². The Bertz CT molecular complexity index is 833. The number of nitrogens with two attached hydrogens (primary N) is 1. The molecule has 1 aromatic carbocycles. The Morgan fingerprint density at radius 3 is 2.79 bits per heavy atom. The molecule has 0 aromatic heterocycles. The normalized spacial score (nSPS) is 14.4. The molecule has 1 aliphatic heterocycles. The maximum atomic E-state index is 12.2. The number of nitrogens with zero attached hydrogens (tertiary/aromatic N) is 1. The number of hydrogen-bond acceptors (Lipinski definition) is 6. The van der Waals surface area contributed by atoms with Gasteiger partial charge in [-0.05, 0) is 41.3 Å². The van der Waals surface area contributed by atoms with Crippen LogP contribution in [0.2, 0.25) is 0 Å². The van der Waals surface area contributed by atoms with Crippen molar-refractivity contribution in [2.45, 2.75) is 13.0 Å². The first-order valence-corrected chi connectivity index (χ1v) is 8.91. The fraction of sp³-hybridized carbons (Fsp3) is 0.190. The summed E-state index contributed by atoms with van der Waals surface area (Å²) >= 11 is 0. The quantitative estimate of drug-likeness (QED) is 0.256. The SMILES string of the molecule is N=C/C(=C\N)C1=C(/C=C/C(=O)Nc2ccc(CNCCO)cc2)C=NC=CC1. The summed E-state index contributed by atoms with van der Waals surface area (Å²) in [4.78, 5) is 16.4. The third kappa shape index (κ3) is 6.46. The minimum Gasteiger partial charge on any atom is -0.404 e. The van der Waals surface area contributed by atoms with Gasteiger partial charge in [0.05, 0.1) is 6.61 Å². The second kappa shape index (κ2) is 11.4. The van der Waals surface area contributed by atoms with Crippen LogP contribution in [0.1, 0.15) is 12.0 Å². The molecule has 0 saturated carbocycles. The highest BCUT2D eigenvalue weighted by Crippen LogP contribution is 2.20. The number of aliphatic hydroxyl groups excluding tert-OH is 1. The lowest BCUT2D eigenvalue weighted by Gasteiger charge is -2.08. The van der Waals surface area contributed by atoms with Crippen molar-refractivity contribution in [3.63, 3.8) is 0 Å². The molecular formula is C21H25N5O2. The van der Waals surface area contributed by atoms with Gasteiger partial charge < -0.3 is 26.9 Å². The Hall–Kier alpha value is -3.29. The van der Waals surface area contributed by atoms with Crippen LogP contribution in [0.3, 0.4) is 0 Å². The first-order valence-electron chi connectivity index (χ1n) is 8.91. The van der Waals surface area contributed by atoms with Crippen LogP contribution in [0, 0.1) is 5.41 Å². The fourth-order valence-electron chi connectivity index (χ4n) is 2.58. The molecule has 7 nitrogen and oxygen atoms in total. The highest BCUT2D eigenvalue weighted by atomic mass is 16.3. The van der Waals surface area contributed by atoms with E-state index in [1.165, 1.54) is 18.5 Å². The van der Waals surface area contributed by atoms with Crippen LogP contribution in [0.5, 0.6) is 0 Å². The van der Waals surface area contributed by atoms with Crippen LogP contribution in [0.4, 0.5) is 5.69 Å². The van der Waals surface area contributed by atoms with Crippen molar-refractivity contribution < 1.29 is 9.90 Å². The molecule has 1 aromatic rings. The standard InChI is InChI=1S/C21H25N5O2/c22-12-18(13-23)20-2-1-9-24-15-17(20)5-8-21(28)26-19-6-3-16(4-7-19)14-25-10-11-27/h1,3-9,12-13,15,22,25,27H,2,10-11,14,23H2,(H,26,28)/b8-5+,18-13+,22-12?. The number of nitrogens with one attached hydrogen (secondary N) is 3. The molecule has 0 unspecified atom stereocenters. The molecule has 0 radical (unpaired) electrons. The lowest BCUT2D eigenvalue weighted by atomic mass is 9.98. The van der Waals surface area contributed by atoms with E-state index in [0.29, 0.717) is 30.8 Å². The van der Waals surface area contributed by atoms with E-state index >= 15 is 0 Å². The van der Waals surface area contributed by atoms with Crippen LogP contribution >= 0.6 is 0 Å². The van der Waals surface area contributed by atoms with E-state index < -0.39 is 0 Å². The molecule has 0 spiro atoms. The molecule has 146 valence electrons. The summed E-state index contributed by atoms with van der Waals surface area (Å²) in [5, 5.41) is 22.2. The number of allylic oxidation sites excluding steroid dienone is 5. The lowest BCUT2D eigenvalue weighted by Crippen LogP contribution is -2.17. The Labute approximate surface area is 164 Å². The molecule has 1 aliphatic rings.